The number of benzene rings is 3. The molecule has 0 unspecified atom stereocenters. The summed E-state index contributed by atoms with van der Waals surface area (Å²) in [4.78, 5) is 16.9. The molecule has 3 aromatic carbocycles. The van der Waals surface area contributed by atoms with E-state index < -0.39 is 0 Å². The van der Waals surface area contributed by atoms with Crippen molar-refractivity contribution in [3.8, 4) is 17.2 Å². The third-order valence-corrected chi connectivity index (χ3v) is 5.18. The smallest absolute Gasteiger partial charge is 0.257 e. The number of ether oxygens (including phenoxy) is 1. The summed E-state index contributed by atoms with van der Waals surface area (Å²) < 4.78 is 11.0. The fourth-order valence-electron chi connectivity index (χ4n) is 3.08. The molecule has 0 saturated heterocycles. The Balaban J connectivity index is 1.42. The van der Waals surface area contributed by atoms with Gasteiger partial charge >= 0.3 is 0 Å². The van der Waals surface area contributed by atoms with Crippen LogP contribution in [-0.2, 0) is 0 Å². The standard InChI is InChI=1S/C24H21N3O3S/c1-14-12-20-21(13-15(14)2)30-23(26-20)17-4-8-18(9-5-17)25-24(31)27-22(28)16-6-10-19(29-3)11-7-16/h4-13H,1-3H3,(H2,25,27,28,31). The van der Waals surface area contributed by atoms with Crippen LogP contribution in [0.3, 0.4) is 0 Å². The van der Waals surface area contributed by atoms with Crippen molar-refractivity contribution in [3.63, 3.8) is 0 Å². The maximum atomic E-state index is 12.3. The minimum Gasteiger partial charge on any atom is -0.497 e. The average Bonchev–Trinajstić information content (AvgIpc) is 3.17. The first-order chi connectivity index (χ1) is 14.9. The molecule has 0 fully saturated rings. The maximum Gasteiger partial charge on any atom is 0.257 e. The first kappa shape index (κ1) is 20.6. The van der Waals surface area contributed by atoms with Crippen molar-refractivity contribution < 1.29 is 13.9 Å². The Morgan fingerprint density at radius 1 is 1.00 bits per heavy atom. The number of hydrogen-bond acceptors (Lipinski definition) is 5. The summed E-state index contributed by atoms with van der Waals surface area (Å²) in [7, 11) is 1.57. The highest BCUT2D eigenvalue weighted by Crippen LogP contribution is 2.27. The molecule has 0 atom stereocenters. The molecule has 0 spiro atoms. The normalized spacial score (nSPS) is 10.7. The van der Waals surface area contributed by atoms with Gasteiger partial charge in [0.2, 0.25) is 5.89 Å². The molecule has 0 aliphatic heterocycles. The Hall–Kier alpha value is -3.71. The summed E-state index contributed by atoms with van der Waals surface area (Å²) in [6.45, 7) is 4.10. The molecule has 1 amide bonds. The van der Waals surface area contributed by atoms with Gasteiger partial charge in [-0.3, -0.25) is 10.1 Å². The van der Waals surface area contributed by atoms with Gasteiger partial charge in [0.1, 0.15) is 11.3 Å². The number of oxazole rings is 1. The van der Waals surface area contributed by atoms with Gasteiger partial charge in [0, 0.05) is 16.8 Å². The van der Waals surface area contributed by atoms with Gasteiger partial charge in [-0.15, -0.1) is 0 Å². The number of aryl methyl sites for hydroxylation is 2. The van der Waals surface area contributed by atoms with Crippen LogP contribution in [0.1, 0.15) is 21.5 Å². The van der Waals surface area contributed by atoms with Crippen molar-refractivity contribution in [2.24, 2.45) is 0 Å². The van der Waals surface area contributed by atoms with Crippen molar-refractivity contribution in [3.05, 3.63) is 77.4 Å². The minimum atomic E-state index is -0.297. The zero-order valence-corrected chi connectivity index (χ0v) is 18.2. The number of aromatic nitrogens is 1. The van der Waals surface area contributed by atoms with Gasteiger partial charge in [-0.2, -0.15) is 0 Å². The molecule has 31 heavy (non-hydrogen) atoms. The highest BCUT2D eigenvalue weighted by Gasteiger charge is 2.11. The lowest BCUT2D eigenvalue weighted by Crippen LogP contribution is -2.34. The number of carbonyl (C=O) groups excluding carboxylic acids is 1. The Bertz CT molecular complexity index is 1220. The van der Waals surface area contributed by atoms with Crippen molar-refractivity contribution in [2.45, 2.75) is 13.8 Å². The molecule has 0 aliphatic rings. The summed E-state index contributed by atoms with van der Waals surface area (Å²) in [5.41, 5.74) is 6.03. The topological polar surface area (TPSA) is 76.4 Å². The Labute approximate surface area is 185 Å². The molecule has 2 N–H and O–H groups in total. The number of methoxy groups -OCH3 is 1. The van der Waals surface area contributed by atoms with Crippen LogP contribution in [0.15, 0.2) is 65.1 Å². The van der Waals surface area contributed by atoms with E-state index in [4.69, 9.17) is 21.4 Å². The second-order valence-corrected chi connectivity index (χ2v) is 7.55. The minimum absolute atomic E-state index is 0.210. The second kappa shape index (κ2) is 8.57. The molecule has 0 aliphatic carbocycles. The summed E-state index contributed by atoms with van der Waals surface area (Å²) in [5, 5.41) is 5.89. The number of fused-ring (bicyclic) bond motifs is 1. The van der Waals surface area contributed by atoms with Crippen molar-refractivity contribution >= 4 is 40.0 Å². The van der Waals surface area contributed by atoms with Crippen molar-refractivity contribution in [1.29, 1.82) is 0 Å². The van der Waals surface area contributed by atoms with Gasteiger partial charge in [-0.05, 0) is 97.9 Å². The van der Waals surface area contributed by atoms with Crippen LogP contribution in [0.2, 0.25) is 0 Å². The van der Waals surface area contributed by atoms with Gasteiger partial charge in [0.05, 0.1) is 7.11 Å². The molecular weight excluding hydrogens is 410 g/mol. The molecule has 4 rings (SSSR count). The molecule has 0 radical (unpaired) electrons. The first-order valence-corrected chi connectivity index (χ1v) is 10.1. The van der Waals surface area contributed by atoms with E-state index in [0.29, 0.717) is 17.2 Å². The summed E-state index contributed by atoms with van der Waals surface area (Å²) >= 11 is 5.26. The number of hydrogen-bond donors (Lipinski definition) is 2. The van der Waals surface area contributed by atoms with Gasteiger partial charge in [-0.25, -0.2) is 4.98 Å². The van der Waals surface area contributed by atoms with Crippen molar-refractivity contribution in [2.75, 3.05) is 12.4 Å². The van der Waals surface area contributed by atoms with Crippen LogP contribution in [0.4, 0.5) is 5.69 Å². The van der Waals surface area contributed by atoms with Gasteiger partial charge in [-0.1, -0.05) is 0 Å². The van der Waals surface area contributed by atoms with Crippen LogP contribution in [-0.4, -0.2) is 23.1 Å². The molecule has 7 heteroatoms. The maximum absolute atomic E-state index is 12.3. The van der Waals surface area contributed by atoms with Crippen molar-refractivity contribution in [1.82, 2.24) is 10.3 Å². The van der Waals surface area contributed by atoms with E-state index in [-0.39, 0.29) is 11.0 Å². The molecule has 0 saturated carbocycles. The van der Waals surface area contributed by atoms with Crippen LogP contribution in [0, 0.1) is 13.8 Å². The van der Waals surface area contributed by atoms with Crippen LogP contribution in [0.5, 0.6) is 5.75 Å². The summed E-state index contributed by atoms with van der Waals surface area (Å²) in [6, 6.07) is 18.3. The Kier molecular flexibility index (Phi) is 5.68. The number of thiocarbonyl (C=S) groups is 1. The van der Waals surface area contributed by atoms with E-state index in [1.54, 1.807) is 31.4 Å². The lowest BCUT2D eigenvalue weighted by molar-refractivity contribution is 0.0977. The van der Waals surface area contributed by atoms with Gasteiger partial charge in [0.25, 0.3) is 5.91 Å². The molecule has 0 bridgehead atoms. The van der Waals surface area contributed by atoms with E-state index in [1.165, 1.54) is 11.1 Å². The first-order valence-electron chi connectivity index (χ1n) is 9.67. The zero-order valence-electron chi connectivity index (χ0n) is 17.4. The largest absolute Gasteiger partial charge is 0.497 e. The second-order valence-electron chi connectivity index (χ2n) is 7.14. The van der Waals surface area contributed by atoms with Gasteiger partial charge < -0.3 is 14.5 Å². The fraction of sp³-hybridized carbons (Fsp3) is 0.125. The van der Waals surface area contributed by atoms with E-state index >= 15 is 0 Å². The third-order valence-electron chi connectivity index (χ3n) is 4.97. The average molecular weight is 432 g/mol. The number of nitrogens with zero attached hydrogens (tertiary/aromatic N) is 1. The van der Waals surface area contributed by atoms with E-state index in [0.717, 1.165) is 22.4 Å². The number of anilines is 1. The quantitative estimate of drug-likeness (QED) is 0.430. The molecule has 6 nitrogen and oxygen atoms in total. The number of nitrogens with one attached hydrogen (secondary N) is 2. The van der Waals surface area contributed by atoms with Crippen LogP contribution < -0.4 is 15.4 Å². The molecule has 1 heterocycles. The molecule has 1 aromatic heterocycles. The molecule has 156 valence electrons. The lowest BCUT2D eigenvalue weighted by Gasteiger charge is -2.10. The SMILES string of the molecule is COc1ccc(C(=O)NC(=S)Nc2ccc(-c3nc4cc(C)c(C)cc4o3)cc2)cc1. The fourth-order valence-corrected chi connectivity index (χ4v) is 3.29. The molecule has 4 aromatic rings. The predicted molar refractivity (Wildman–Crippen MR) is 126 cm³/mol. The third kappa shape index (κ3) is 4.57. The number of carbonyl (C=O) groups is 1. The lowest BCUT2D eigenvalue weighted by atomic mass is 10.1. The zero-order chi connectivity index (χ0) is 22.0. The number of rotatable bonds is 4. The molecular formula is C24H21N3O3S. The highest BCUT2D eigenvalue weighted by molar-refractivity contribution is 7.80. The Morgan fingerprint density at radius 3 is 2.35 bits per heavy atom. The van der Waals surface area contributed by atoms with Crippen LogP contribution in [0.25, 0.3) is 22.6 Å². The number of amides is 1. The van der Waals surface area contributed by atoms with Crippen LogP contribution >= 0.6 is 12.2 Å². The predicted octanol–water partition coefficient (Wildman–Crippen LogP) is 5.25. The van der Waals surface area contributed by atoms with E-state index in [2.05, 4.69) is 22.5 Å². The van der Waals surface area contributed by atoms with Gasteiger partial charge in [0.15, 0.2) is 10.7 Å². The van der Waals surface area contributed by atoms with E-state index in [9.17, 15) is 4.79 Å². The highest BCUT2D eigenvalue weighted by atomic mass is 32.1. The monoisotopic (exact) mass is 431 g/mol. The van der Waals surface area contributed by atoms with E-state index in [1.807, 2.05) is 43.3 Å². The summed E-state index contributed by atoms with van der Waals surface area (Å²) in [6.07, 6.45) is 0. The summed E-state index contributed by atoms with van der Waals surface area (Å²) in [5.74, 6) is 0.942. The Morgan fingerprint density at radius 2 is 1.68 bits per heavy atom.